The van der Waals surface area contributed by atoms with E-state index in [1.54, 1.807) is 49.0 Å². The van der Waals surface area contributed by atoms with Gasteiger partial charge in [0.05, 0.1) is 6.04 Å². The van der Waals surface area contributed by atoms with E-state index in [-0.39, 0.29) is 5.70 Å². The van der Waals surface area contributed by atoms with Gasteiger partial charge in [0.25, 0.3) is 5.91 Å². The van der Waals surface area contributed by atoms with Gasteiger partial charge in [0, 0.05) is 11.5 Å². The maximum atomic E-state index is 13.4. The van der Waals surface area contributed by atoms with Gasteiger partial charge in [-0.15, -0.1) is 16.9 Å². The first-order valence-corrected chi connectivity index (χ1v) is 15.5. The summed E-state index contributed by atoms with van der Waals surface area (Å²) in [4.78, 5) is 56.8. The molecule has 39 heavy (non-hydrogen) atoms. The lowest BCUT2D eigenvalue weighted by Gasteiger charge is -2.49. The van der Waals surface area contributed by atoms with E-state index in [9.17, 15) is 24.3 Å². The zero-order chi connectivity index (χ0) is 28.1. The number of amides is 3. The fourth-order valence-electron chi connectivity index (χ4n) is 4.14. The average Bonchev–Trinajstić information content (AvgIpc) is 3.36. The highest BCUT2D eigenvalue weighted by molar-refractivity contribution is 8.01. The zero-order valence-electron chi connectivity index (χ0n) is 21.2. The Morgan fingerprint density at radius 1 is 1.28 bits per heavy atom. The zero-order valence-corrected chi connectivity index (χ0v) is 23.7. The van der Waals surface area contributed by atoms with Crippen LogP contribution < -0.4 is 16.4 Å². The number of hydrogen-bond acceptors (Lipinski definition) is 10. The number of carboxylic acids is 1. The van der Waals surface area contributed by atoms with Gasteiger partial charge in [0.2, 0.25) is 17.0 Å². The van der Waals surface area contributed by atoms with E-state index in [1.807, 2.05) is 6.26 Å². The molecule has 4 rings (SSSR count). The van der Waals surface area contributed by atoms with Gasteiger partial charge in [-0.3, -0.25) is 24.4 Å². The minimum atomic E-state index is -1.21. The van der Waals surface area contributed by atoms with Crippen LogP contribution in [0, 0.1) is 6.92 Å². The lowest BCUT2D eigenvalue weighted by Crippen LogP contribution is -2.71. The van der Waals surface area contributed by atoms with E-state index in [0.717, 1.165) is 0 Å². The van der Waals surface area contributed by atoms with Crippen LogP contribution in [0.2, 0.25) is 0 Å². The molecule has 208 valence electrons. The van der Waals surface area contributed by atoms with Crippen LogP contribution in [-0.4, -0.2) is 89.9 Å². The van der Waals surface area contributed by atoms with E-state index in [1.165, 1.54) is 28.4 Å². The number of aryl methyl sites for hydroxylation is 1. The predicted molar refractivity (Wildman–Crippen MR) is 150 cm³/mol. The van der Waals surface area contributed by atoms with Gasteiger partial charge < -0.3 is 21.5 Å². The largest absolute Gasteiger partial charge is 0.477 e. The predicted octanol–water partition coefficient (Wildman–Crippen LogP) is 0.882. The number of carbonyl (C=O) groups is 4. The Balaban J connectivity index is 1.47. The minimum absolute atomic E-state index is 0.0818. The number of nitrogens with one attached hydrogen (secondary N) is 3. The number of nitrogens with zero attached hydrogens (tertiary/aromatic N) is 3. The highest BCUT2D eigenvalue weighted by Crippen LogP contribution is 2.41. The number of aromatic amines is 1. The molecule has 0 spiro atoms. The van der Waals surface area contributed by atoms with E-state index in [0.29, 0.717) is 45.8 Å². The van der Waals surface area contributed by atoms with Crippen molar-refractivity contribution in [2.24, 2.45) is 5.73 Å². The summed E-state index contributed by atoms with van der Waals surface area (Å²) in [5.74, 6) is -0.779. The number of carbonyl (C=O) groups excluding carboxylic acids is 3. The summed E-state index contributed by atoms with van der Waals surface area (Å²) in [6, 6.07) is 5.88. The molecule has 0 aliphatic carbocycles. The van der Waals surface area contributed by atoms with Crippen molar-refractivity contribution < 1.29 is 24.3 Å². The first-order chi connectivity index (χ1) is 18.7. The SMILES string of the molecule is CSCC[C@H](N)C(=O)N[C@@H](C(=O)NC1C(=O)N2C(C(=O)O)=C(CSc3n[nH]c(C)n3)CS[C@H]12)c1ccccc1. The molecular formula is C24H29N7O5S3. The highest BCUT2D eigenvalue weighted by Gasteiger charge is 2.54. The monoisotopic (exact) mass is 591 g/mol. The van der Waals surface area contributed by atoms with Crippen molar-refractivity contribution >= 4 is 59.0 Å². The third-order valence-electron chi connectivity index (χ3n) is 6.15. The Hall–Kier alpha value is -3.01. The summed E-state index contributed by atoms with van der Waals surface area (Å²) in [6.07, 6.45) is 2.36. The van der Waals surface area contributed by atoms with Crippen molar-refractivity contribution in [1.29, 1.82) is 0 Å². The molecule has 1 aromatic heterocycles. The molecule has 1 saturated heterocycles. The molecule has 12 nitrogen and oxygen atoms in total. The molecule has 0 radical (unpaired) electrons. The first-order valence-electron chi connectivity index (χ1n) is 12.0. The Kier molecular flexibility index (Phi) is 9.58. The van der Waals surface area contributed by atoms with Gasteiger partial charge in [-0.2, -0.15) is 11.8 Å². The second kappa shape index (κ2) is 12.9. The standard InChI is InChI=1S/C24H29N7O5S3/c1-12-26-24(30-29-12)39-11-14-10-38-22-17(21(34)31(22)18(14)23(35)36)28-20(33)16(13-6-4-3-5-7-13)27-19(32)15(25)8-9-37-2/h3-7,15-17,22H,8-11,25H2,1-2H3,(H,27,32)(H,28,33)(H,35,36)(H,26,29,30)/t15-,16+,17?,22+/m0/s1. The Morgan fingerprint density at radius 3 is 2.67 bits per heavy atom. The summed E-state index contributed by atoms with van der Waals surface area (Å²) >= 11 is 4.21. The first kappa shape index (κ1) is 29.0. The Labute approximate surface area is 237 Å². The van der Waals surface area contributed by atoms with Crippen LogP contribution in [0.5, 0.6) is 0 Å². The quantitative estimate of drug-likeness (QED) is 0.174. The molecule has 1 fully saturated rings. The number of fused-ring (bicyclic) bond motifs is 1. The summed E-state index contributed by atoms with van der Waals surface area (Å²) in [5.41, 5.74) is 7.03. The van der Waals surface area contributed by atoms with Crippen molar-refractivity contribution in [3.05, 3.63) is 53.0 Å². The molecule has 0 saturated carbocycles. The maximum absolute atomic E-state index is 13.4. The Morgan fingerprint density at radius 2 is 2.03 bits per heavy atom. The Bertz CT molecular complexity index is 1270. The maximum Gasteiger partial charge on any atom is 0.352 e. The number of thioether (sulfide) groups is 3. The molecule has 2 aliphatic heterocycles. The molecule has 15 heteroatoms. The molecular weight excluding hydrogens is 563 g/mol. The lowest BCUT2D eigenvalue weighted by atomic mass is 10.0. The molecule has 3 heterocycles. The smallest absolute Gasteiger partial charge is 0.352 e. The van der Waals surface area contributed by atoms with E-state index >= 15 is 0 Å². The molecule has 6 N–H and O–H groups in total. The van der Waals surface area contributed by atoms with Crippen molar-refractivity contribution in [1.82, 2.24) is 30.7 Å². The normalized spacial score (nSPS) is 20.1. The fraction of sp³-hybridized carbons (Fsp3) is 0.417. The van der Waals surface area contributed by atoms with Crippen molar-refractivity contribution in [3.8, 4) is 0 Å². The fourth-order valence-corrected chi connectivity index (χ4v) is 6.96. The topological polar surface area (TPSA) is 183 Å². The van der Waals surface area contributed by atoms with Crippen molar-refractivity contribution in [2.75, 3.05) is 23.5 Å². The third-order valence-corrected chi connectivity index (χ3v) is 9.07. The molecule has 2 aliphatic rings. The summed E-state index contributed by atoms with van der Waals surface area (Å²) in [7, 11) is 0. The van der Waals surface area contributed by atoms with Gasteiger partial charge in [0.1, 0.15) is 29.0 Å². The van der Waals surface area contributed by atoms with Crippen molar-refractivity contribution in [2.45, 2.75) is 42.0 Å². The van der Waals surface area contributed by atoms with Crippen LogP contribution in [-0.2, 0) is 19.2 Å². The molecule has 3 amide bonds. The van der Waals surface area contributed by atoms with Crippen LogP contribution in [0.3, 0.4) is 0 Å². The number of hydrogen-bond donors (Lipinski definition) is 5. The van der Waals surface area contributed by atoms with E-state index < -0.39 is 47.2 Å². The highest BCUT2D eigenvalue weighted by atomic mass is 32.2. The van der Waals surface area contributed by atoms with Gasteiger partial charge >= 0.3 is 5.97 Å². The van der Waals surface area contributed by atoms with Gasteiger partial charge in [-0.1, -0.05) is 42.1 Å². The van der Waals surface area contributed by atoms with Crippen LogP contribution >= 0.6 is 35.3 Å². The molecule has 2 aromatic rings. The number of H-pyrrole nitrogens is 1. The summed E-state index contributed by atoms with van der Waals surface area (Å²) in [6.45, 7) is 1.76. The number of rotatable bonds is 12. The van der Waals surface area contributed by atoms with Crippen LogP contribution in [0.4, 0.5) is 0 Å². The number of nitrogens with two attached hydrogens (primary N) is 1. The lowest BCUT2D eigenvalue weighted by molar-refractivity contribution is -0.151. The van der Waals surface area contributed by atoms with Gasteiger partial charge in [-0.05, 0) is 36.5 Å². The van der Waals surface area contributed by atoms with Crippen LogP contribution in [0.25, 0.3) is 0 Å². The third kappa shape index (κ3) is 6.59. The number of benzene rings is 1. The number of β-lactam (4-membered cyclic amide) rings is 1. The number of carboxylic acid groups (broad SMARTS) is 1. The number of aliphatic carboxylic acids is 1. The van der Waals surface area contributed by atoms with Crippen molar-refractivity contribution in [3.63, 3.8) is 0 Å². The van der Waals surface area contributed by atoms with E-state index in [2.05, 4.69) is 25.8 Å². The second-order valence-electron chi connectivity index (χ2n) is 8.89. The average molecular weight is 592 g/mol. The molecule has 0 bridgehead atoms. The van der Waals surface area contributed by atoms with Crippen LogP contribution in [0.15, 0.2) is 46.8 Å². The molecule has 1 unspecified atom stereocenters. The van der Waals surface area contributed by atoms with E-state index in [4.69, 9.17) is 5.73 Å². The summed E-state index contributed by atoms with van der Waals surface area (Å²) in [5, 5.41) is 22.0. The number of aromatic nitrogens is 3. The molecule has 1 aromatic carbocycles. The minimum Gasteiger partial charge on any atom is -0.477 e. The second-order valence-corrected chi connectivity index (χ2v) is 11.9. The van der Waals surface area contributed by atoms with Crippen LogP contribution in [0.1, 0.15) is 23.9 Å². The summed E-state index contributed by atoms with van der Waals surface area (Å²) < 4.78 is 0. The molecule has 4 atom stereocenters. The van der Waals surface area contributed by atoms with Gasteiger partial charge in [0.15, 0.2) is 0 Å². The van der Waals surface area contributed by atoms with Gasteiger partial charge in [-0.25, -0.2) is 9.78 Å².